The maximum absolute atomic E-state index is 13.6. The van der Waals surface area contributed by atoms with Gasteiger partial charge in [0.2, 0.25) is 0 Å². The number of benzene rings is 1. The lowest BCUT2D eigenvalue weighted by Gasteiger charge is -2.20. The van der Waals surface area contributed by atoms with Gasteiger partial charge in [-0.2, -0.15) is 0 Å². The number of aliphatic carboxylic acids is 1. The number of hydrogen-bond donors (Lipinski definition) is 1. The molecule has 0 heterocycles. The summed E-state index contributed by atoms with van der Waals surface area (Å²) in [6, 6.07) is 0. The molecule has 18 heavy (non-hydrogen) atoms. The monoisotopic (exact) mass is 344 g/mol. The first-order valence-electron chi connectivity index (χ1n) is 4.83. The van der Waals surface area contributed by atoms with E-state index in [2.05, 4.69) is 15.9 Å². The largest absolute Gasteiger partial charge is 0.481 e. The highest BCUT2D eigenvalue weighted by Gasteiger charge is 2.32. The van der Waals surface area contributed by atoms with E-state index in [1.54, 1.807) is 0 Å². The number of carboxylic acid groups (broad SMARTS) is 1. The first-order valence-corrected chi connectivity index (χ1v) is 6.00. The third kappa shape index (κ3) is 2.64. The molecule has 0 aliphatic carbocycles. The SMILES string of the molecule is CC(C)(Cc1c(F)c(F)c(Br)c(F)c1Cl)C(=O)O. The molecule has 0 aromatic heterocycles. The molecule has 1 aromatic carbocycles. The number of rotatable bonds is 3. The zero-order valence-corrected chi connectivity index (χ0v) is 11.8. The van der Waals surface area contributed by atoms with E-state index in [0.29, 0.717) is 0 Å². The Hall–Kier alpha value is -0.750. The summed E-state index contributed by atoms with van der Waals surface area (Å²) in [5.74, 6) is -5.14. The van der Waals surface area contributed by atoms with Crippen molar-refractivity contribution in [1.82, 2.24) is 0 Å². The minimum Gasteiger partial charge on any atom is -0.481 e. The quantitative estimate of drug-likeness (QED) is 0.659. The highest BCUT2D eigenvalue weighted by molar-refractivity contribution is 9.10. The average Bonchev–Trinajstić information content (AvgIpc) is 2.29. The molecule has 0 aliphatic heterocycles. The Kier molecular flexibility index (Phi) is 4.33. The smallest absolute Gasteiger partial charge is 0.309 e. The van der Waals surface area contributed by atoms with E-state index < -0.39 is 50.3 Å². The molecule has 1 aromatic rings. The molecule has 1 N–H and O–H groups in total. The summed E-state index contributed by atoms with van der Waals surface area (Å²) < 4.78 is 39.8. The van der Waals surface area contributed by atoms with Crippen LogP contribution in [0.1, 0.15) is 19.4 Å². The Morgan fingerprint density at radius 2 is 1.78 bits per heavy atom. The van der Waals surface area contributed by atoms with E-state index in [1.807, 2.05) is 0 Å². The van der Waals surface area contributed by atoms with Crippen molar-refractivity contribution >= 4 is 33.5 Å². The molecule has 0 amide bonds. The molecule has 100 valence electrons. The lowest BCUT2D eigenvalue weighted by Crippen LogP contribution is -2.27. The number of carbonyl (C=O) groups is 1. The van der Waals surface area contributed by atoms with Crippen LogP contribution < -0.4 is 0 Å². The van der Waals surface area contributed by atoms with Crippen LogP contribution >= 0.6 is 27.5 Å². The third-order valence-corrected chi connectivity index (χ3v) is 3.59. The van der Waals surface area contributed by atoms with E-state index in [9.17, 15) is 18.0 Å². The Balaban J connectivity index is 3.39. The molecule has 0 aliphatic rings. The molecule has 0 bridgehead atoms. The fourth-order valence-corrected chi connectivity index (χ4v) is 2.05. The molecule has 1 rings (SSSR count). The van der Waals surface area contributed by atoms with Crippen LogP contribution in [0.2, 0.25) is 5.02 Å². The summed E-state index contributed by atoms with van der Waals surface area (Å²) in [7, 11) is 0. The highest BCUT2D eigenvalue weighted by atomic mass is 79.9. The van der Waals surface area contributed by atoms with Crippen molar-refractivity contribution in [2.45, 2.75) is 20.3 Å². The molecule has 0 saturated carbocycles. The van der Waals surface area contributed by atoms with E-state index in [-0.39, 0.29) is 0 Å². The summed E-state index contributed by atoms with van der Waals surface area (Å²) in [6.07, 6.45) is -0.423. The van der Waals surface area contributed by atoms with Gasteiger partial charge in [-0.05, 0) is 36.2 Å². The Morgan fingerprint density at radius 1 is 1.28 bits per heavy atom. The maximum Gasteiger partial charge on any atom is 0.309 e. The topological polar surface area (TPSA) is 37.3 Å². The van der Waals surface area contributed by atoms with Gasteiger partial charge in [0, 0.05) is 5.56 Å². The fourth-order valence-electron chi connectivity index (χ4n) is 1.32. The zero-order chi connectivity index (χ0) is 14.2. The Bertz CT molecular complexity index is 488. The molecule has 0 atom stereocenters. The van der Waals surface area contributed by atoms with Crippen LogP contribution in [0, 0.1) is 22.9 Å². The molecular weight excluding hydrogens is 336 g/mol. The van der Waals surface area contributed by atoms with E-state index in [1.165, 1.54) is 13.8 Å². The third-order valence-electron chi connectivity index (χ3n) is 2.50. The van der Waals surface area contributed by atoms with Gasteiger partial charge in [0.25, 0.3) is 0 Å². The van der Waals surface area contributed by atoms with Crippen molar-refractivity contribution in [3.8, 4) is 0 Å². The van der Waals surface area contributed by atoms with Crippen LogP contribution in [0.15, 0.2) is 4.47 Å². The first-order chi connectivity index (χ1) is 8.09. The predicted molar refractivity (Wildman–Crippen MR) is 64.1 cm³/mol. The molecule has 2 nitrogen and oxygen atoms in total. The summed E-state index contributed by atoms with van der Waals surface area (Å²) in [6.45, 7) is 2.62. The van der Waals surface area contributed by atoms with Gasteiger partial charge >= 0.3 is 5.97 Å². The lowest BCUT2D eigenvalue weighted by molar-refractivity contribution is -0.146. The second-order valence-electron chi connectivity index (χ2n) is 4.41. The first kappa shape index (κ1) is 15.3. The van der Waals surface area contributed by atoms with Crippen LogP contribution in [0.5, 0.6) is 0 Å². The minimum atomic E-state index is -1.42. The van der Waals surface area contributed by atoms with Crippen molar-refractivity contribution in [2.24, 2.45) is 5.41 Å². The van der Waals surface area contributed by atoms with Gasteiger partial charge in [-0.1, -0.05) is 11.6 Å². The standard InChI is InChI=1S/C11H9BrClF3O2/c1-11(2,10(17)18)3-4-6(13)8(15)5(12)9(16)7(4)14/h3H2,1-2H3,(H,17,18). The van der Waals surface area contributed by atoms with Gasteiger partial charge < -0.3 is 5.11 Å². The predicted octanol–water partition coefficient (Wildman–Crippen LogP) is 4.17. The van der Waals surface area contributed by atoms with Crippen molar-refractivity contribution in [3.05, 3.63) is 32.5 Å². The average molecular weight is 346 g/mol. The van der Waals surface area contributed by atoms with E-state index in [4.69, 9.17) is 16.7 Å². The molecular formula is C11H9BrClF3O2. The fraction of sp³-hybridized carbons (Fsp3) is 0.364. The number of carboxylic acids is 1. The maximum atomic E-state index is 13.6. The Morgan fingerprint density at radius 3 is 2.22 bits per heavy atom. The van der Waals surface area contributed by atoms with E-state index >= 15 is 0 Å². The van der Waals surface area contributed by atoms with Gasteiger partial charge in [0.05, 0.1) is 14.9 Å². The summed E-state index contributed by atoms with van der Waals surface area (Å²) in [4.78, 5) is 10.9. The van der Waals surface area contributed by atoms with Crippen LogP contribution in [0.25, 0.3) is 0 Å². The minimum absolute atomic E-state index is 0.423. The van der Waals surface area contributed by atoms with Crippen LogP contribution in [-0.2, 0) is 11.2 Å². The van der Waals surface area contributed by atoms with Gasteiger partial charge in [-0.3, -0.25) is 4.79 Å². The van der Waals surface area contributed by atoms with Crippen molar-refractivity contribution in [1.29, 1.82) is 0 Å². The van der Waals surface area contributed by atoms with Gasteiger partial charge in [0.1, 0.15) is 0 Å². The normalized spacial score (nSPS) is 11.7. The number of hydrogen-bond acceptors (Lipinski definition) is 1. The molecule has 0 unspecified atom stereocenters. The highest BCUT2D eigenvalue weighted by Crippen LogP contribution is 2.35. The number of halogens is 5. The zero-order valence-electron chi connectivity index (χ0n) is 9.45. The lowest BCUT2D eigenvalue weighted by atomic mass is 9.85. The van der Waals surface area contributed by atoms with Crippen molar-refractivity contribution in [3.63, 3.8) is 0 Å². The van der Waals surface area contributed by atoms with E-state index in [0.717, 1.165) is 0 Å². The van der Waals surface area contributed by atoms with Gasteiger partial charge in [0.15, 0.2) is 17.5 Å². The molecule has 7 heteroatoms. The second kappa shape index (κ2) is 5.09. The van der Waals surface area contributed by atoms with Gasteiger partial charge in [-0.15, -0.1) is 0 Å². The molecule has 0 spiro atoms. The van der Waals surface area contributed by atoms with Crippen LogP contribution in [0.4, 0.5) is 13.2 Å². The summed E-state index contributed by atoms with van der Waals surface area (Å²) in [5, 5.41) is 8.30. The van der Waals surface area contributed by atoms with Crippen LogP contribution in [0.3, 0.4) is 0 Å². The van der Waals surface area contributed by atoms with Crippen LogP contribution in [-0.4, -0.2) is 11.1 Å². The van der Waals surface area contributed by atoms with Gasteiger partial charge in [-0.25, -0.2) is 13.2 Å². The molecule has 0 fully saturated rings. The summed E-state index contributed by atoms with van der Waals surface area (Å²) >= 11 is 8.11. The Labute approximate surface area is 115 Å². The summed E-state index contributed by atoms with van der Waals surface area (Å²) in [5.41, 5.74) is -1.88. The molecule has 0 saturated heterocycles. The van der Waals surface area contributed by atoms with Crippen molar-refractivity contribution in [2.75, 3.05) is 0 Å². The second-order valence-corrected chi connectivity index (χ2v) is 5.59. The molecule has 0 radical (unpaired) electrons. The van der Waals surface area contributed by atoms with Crippen molar-refractivity contribution < 1.29 is 23.1 Å².